The fourth-order valence-electron chi connectivity index (χ4n) is 2.21. The lowest BCUT2D eigenvalue weighted by Crippen LogP contribution is -2.29. The Balaban J connectivity index is 2.13. The van der Waals surface area contributed by atoms with E-state index in [0.29, 0.717) is 6.20 Å². The fourth-order valence-corrected chi connectivity index (χ4v) is 2.21. The number of benzene rings is 1. The summed E-state index contributed by atoms with van der Waals surface area (Å²) in [6.07, 6.45) is -9.33. The van der Waals surface area contributed by atoms with Crippen molar-refractivity contribution in [1.29, 1.82) is 5.26 Å². The average Bonchev–Trinajstić information content (AvgIpc) is 2.77. The van der Waals surface area contributed by atoms with E-state index in [1.165, 1.54) is 0 Å². The summed E-state index contributed by atoms with van der Waals surface area (Å²) in [7, 11) is 0. The fraction of sp³-hybridized carbons (Fsp3) is 0.133. The van der Waals surface area contributed by atoms with Gasteiger partial charge in [0.15, 0.2) is 17.2 Å². The van der Waals surface area contributed by atoms with E-state index < -0.39 is 52.4 Å². The van der Waals surface area contributed by atoms with Crippen molar-refractivity contribution >= 4 is 5.78 Å². The molecule has 0 saturated heterocycles. The molecular formula is C15H4F6N2O3. The molecular weight excluding hydrogens is 370 g/mol. The van der Waals surface area contributed by atoms with Gasteiger partial charge in [0.25, 0.3) is 5.78 Å². The number of ketones is 1. The summed E-state index contributed by atoms with van der Waals surface area (Å²) < 4.78 is 88.2. The van der Waals surface area contributed by atoms with Crippen LogP contribution >= 0.6 is 0 Å². The van der Waals surface area contributed by atoms with Crippen LogP contribution in [0.3, 0.4) is 0 Å². The Morgan fingerprint density at radius 2 is 1.92 bits per heavy atom. The zero-order valence-corrected chi connectivity index (χ0v) is 12.2. The summed E-state index contributed by atoms with van der Waals surface area (Å²) in [5, 5.41) is 8.76. The molecule has 134 valence electrons. The predicted molar refractivity (Wildman–Crippen MR) is 70.3 cm³/mol. The number of pyridine rings is 1. The lowest BCUT2D eigenvalue weighted by atomic mass is 10.1. The highest BCUT2D eigenvalue weighted by molar-refractivity contribution is 6.07. The molecule has 1 aromatic heterocycles. The van der Waals surface area contributed by atoms with Crippen LogP contribution in [0, 0.1) is 17.1 Å². The zero-order valence-electron chi connectivity index (χ0n) is 12.2. The van der Waals surface area contributed by atoms with Gasteiger partial charge in [0.05, 0.1) is 17.8 Å². The number of aromatic nitrogens is 1. The van der Waals surface area contributed by atoms with Crippen LogP contribution in [0.15, 0.2) is 24.4 Å². The number of carbonyl (C=O) groups is 1. The van der Waals surface area contributed by atoms with E-state index in [1.807, 2.05) is 0 Å². The molecule has 0 fully saturated rings. The normalized spacial score (nSPS) is 15.2. The average molecular weight is 374 g/mol. The third-order valence-electron chi connectivity index (χ3n) is 3.22. The number of hydrogen-bond acceptors (Lipinski definition) is 5. The second-order valence-electron chi connectivity index (χ2n) is 5.01. The van der Waals surface area contributed by atoms with Crippen LogP contribution in [0.25, 0.3) is 0 Å². The molecule has 5 nitrogen and oxygen atoms in total. The van der Waals surface area contributed by atoms with Gasteiger partial charge in [-0.2, -0.15) is 27.2 Å². The van der Waals surface area contributed by atoms with Gasteiger partial charge in [-0.15, -0.1) is 0 Å². The highest BCUT2D eigenvalue weighted by atomic mass is 19.4. The standard InChI is InChI=1S/C15H4F6N2O3/c16-7-1-6(4-22)2-8(3-7)25-9-5-23-12(14(17,18)19)10-11(9)26-15(20,21)13(10)24/h1-3,5H. The van der Waals surface area contributed by atoms with E-state index in [2.05, 4.69) is 9.72 Å². The van der Waals surface area contributed by atoms with Gasteiger partial charge in [0, 0.05) is 6.07 Å². The van der Waals surface area contributed by atoms with E-state index >= 15 is 0 Å². The van der Waals surface area contributed by atoms with Crippen LogP contribution in [0.5, 0.6) is 17.2 Å². The largest absolute Gasteiger partial charge is 0.466 e. The maximum atomic E-state index is 13.5. The number of hydrogen-bond donors (Lipinski definition) is 0. The van der Waals surface area contributed by atoms with Gasteiger partial charge in [-0.1, -0.05) is 0 Å². The van der Waals surface area contributed by atoms with E-state index in [1.54, 1.807) is 6.07 Å². The quantitative estimate of drug-likeness (QED) is 0.741. The van der Waals surface area contributed by atoms with Crippen molar-refractivity contribution in [3.8, 4) is 23.3 Å². The first kappa shape index (κ1) is 17.5. The van der Waals surface area contributed by atoms with Crippen LogP contribution in [-0.4, -0.2) is 16.9 Å². The lowest BCUT2D eigenvalue weighted by molar-refractivity contribution is -0.141. The van der Waals surface area contributed by atoms with Crippen molar-refractivity contribution < 1.29 is 40.6 Å². The summed E-state index contributed by atoms with van der Waals surface area (Å²) >= 11 is 0. The second-order valence-corrected chi connectivity index (χ2v) is 5.01. The Kier molecular flexibility index (Phi) is 3.79. The van der Waals surface area contributed by atoms with Gasteiger partial charge >= 0.3 is 12.3 Å². The summed E-state index contributed by atoms with van der Waals surface area (Å²) in [5.41, 5.74) is -3.55. The number of carbonyl (C=O) groups excluding carboxylic acids is 1. The topological polar surface area (TPSA) is 72.2 Å². The van der Waals surface area contributed by atoms with Crippen molar-refractivity contribution in [3.05, 3.63) is 47.0 Å². The van der Waals surface area contributed by atoms with Crippen LogP contribution in [0.2, 0.25) is 0 Å². The molecule has 0 amide bonds. The van der Waals surface area contributed by atoms with Crippen molar-refractivity contribution in [2.24, 2.45) is 0 Å². The molecule has 11 heteroatoms. The molecule has 0 N–H and O–H groups in total. The summed E-state index contributed by atoms with van der Waals surface area (Å²) in [5.74, 6) is -5.48. The maximum Gasteiger partial charge on any atom is 0.466 e. The van der Waals surface area contributed by atoms with Gasteiger partial charge < -0.3 is 9.47 Å². The Morgan fingerprint density at radius 1 is 1.23 bits per heavy atom. The van der Waals surface area contributed by atoms with Crippen molar-refractivity contribution in [2.45, 2.75) is 12.3 Å². The minimum absolute atomic E-state index is 0.196. The van der Waals surface area contributed by atoms with Crippen molar-refractivity contribution in [1.82, 2.24) is 4.98 Å². The minimum Gasteiger partial charge on any atom is -0.452 e. The number of alkyl halides is 5. The van der Waals surface area contributed by atoms with Crippen LogP contribution < -0.4 is 9.47 Å². The first-order valence-corrected chi connectivity index (χ1v) is 6.63. The second kappa shape index (κ2) is 5.62. The summed E-state index contributed by atoms with van der Waals surface area (Å²) in [6.45, 7) is 0. The maximum absolute atomic E-state index is 13.5. The third-order valence-corrected chi connectivity index (χ3v) is 3.22. The molecule has 0 unspecified atom stereocenters. The van der Waals surface area contributed by atoms with Gasteiger partial charge in [-0.25, -0.2) is 9.37 Å². The molecule has 0 spiro atoms. The molecule has 3 rings (SSSR count). The molecule has 1 aromatic carbocycles. The first-order valence-electron chi connectivity index (χ1n) is 6.63. The number of rotatable bonds is 2. The van der Waals surface area contributed by atoms with E-state index in [4.69, 9.17) is 10.00 Å². The van der Waals surface area contributed by atoms with Crippen LogP contribution in [0.4, 0.5) is 26.3 Å². The monoisotopic (exact) mass is 374 g/mol. The molecule has 0 aliphatic carbocycles. The highest BCUT2D eigenvalue weighted by Crippen LogP contribution is 2.48. The molecule has 0 bridgehead atoms. The Bertz CT molecular complexity index is 965. The zero-order chi connectivity index (χ0) is 19.3. The van der Waals surface area contributed by atoms with Crippen molar-refractivity contribution in [2.75, 3.05) is 0 Å². The first-order chi connectivity index (χ1) is 12.0. The SMILES string of the molecule is N#Cc1cc(F)cc(Oc2cnc(C(F)(F)F)c3c2OC(F)(F)C3=O)c1. The highest BCUT2D eigenvalue weighted by Gasteiger charge is 2.56. The Labute approximate surface area is 140 Å². The minimum atomic E-state index is -5.20. The smallest absolute Gasteiger partial charge is 0.452 e. The number of fused-ring (bicyclic) bond motifs is 1. The number of Topliss-reactive ketones (excluding diaryl/α,β-unsaturated/α-hetero) is 1. The molecule has 0 radical (unpaired) electrons. The number of ether oxygens (including phenoxy) is 2. The summed E-state index contributed by atoms with van der Waals surface area (Å²) in [6, 6.07) is 4.20. The molecule has 26 heavy (non-hydrogen) atoms. The molecule has 2 heterocycles. The van der Waals surface area contributed by atoms with Gasteiger partial charge in [-0.05, 0) is 12.1 Å². The molecule has 0 saturated carbocycles. The van der Waals surface area contributed by atoms with E-state index in [0.717, 1.165) is 18.2 Å². The Morgan fingerprint density at radius 3 is 2.54 bits per heavy atom. The Hall–Kier alpha value is -3.29. The number of halogens is 6. The van der Waals surface area contributed by atoms with E-state index in [-0.39, 0.29) is 5.56 Å². The van der Waals surface area contributed by atoms with Crippen LogP contribution in [-0.2, 0) is 6.18 Å². The van der Waals surface area contributed by atoms with Gasteiger partial charge in [0.2, 0.25) is 0 Å². The molecule has 1 aliphatic heterocycles. The van der Waals surface area contributed by atoms with E-state index in [9.17, 15) is 31.1 Å². The van der Waals surface area contributed by atoms with Gasteiger partial charge in [0.1, 0.15) is 17.1 Å². The third kappa shape index (κ3) is 2.90. The number of nitriles is 1. The molecule has 1 aliphatic rings. The summed E-state index contributed by atoms with van der Waals surface area (Å²) in [4.78, 5) is 14.5. The lowest BCUT2D eigenvalue weighted by Gasteiger charge is -2.13. The van der Waals surface area contributed by atoms with Crippen molar-refractivity contribution in [3.63, 3.8) is 0 Å². The van der Waals surface area contributed by atoms with Gasteiger partial charge in [-0.3, -0.25) is 4.79 Å². The van der Waals surface area contributed by atoms with Crippen LogP contribution in [0.1, 0.15) is 21.6 Å². The molecule has 2 aromatic rings. The molecule has 0 atom stereocenters. The number of nitrogens with zero attached hydrogens (tertiary/aromatic N) is 2. The predicted octanol–water partition coefficient (Wildman–Crippen LogP) is 4.07.